The van der Waals surface area contributed by atoms with E-state index in [1.165, 1.54) is 18.2 Å². The molecule has 0 radical (unpaired) electrons. The largest absolute Gasteiger partial charge is 0.381 e. The van der Waals surface area contributed by atoms with Crippen molar-refractivity contribution in [2.45, 2.75) is 6.43 Å². The zero-order valence-corrected chi connectivity index (χ0v) is 11.2. The van der Waals surface area contributed by atoms with Gasteiger partial charge in [-0.1, -0.05) is 6.07 Å². The van der Waals surface area contributed by atoms with Gasteiger partial charge in [0.25, 0.3) is 6.43 Å². The molecule has 20 heavy (non-hydrogen) atoms. The molecule has 1 N–H and O–H groups in total. The topological polar surface area (TPSA) is 47.0 Å². The highest BCUT2D eigenvalue weighted by atomic mass is 35.5. The molecule has 0 atom stereocenters. The molecule has 1 aromatic carbocycles. The number of aromatic nitrogens is 2. The molecule has 7 heteroatoms. The first-order valence-electron chi connectivity index (χ1n) is 6.20. The summed E-state index contributed by atoms with van der Waals surface area (Å²) in [7, 11) is 0. The van der Waals surface area contributed by atoms with Crippen LogP contribution in [0.5, 0.6) is 0 Å². The Morgan fingerprint density at radius 3 is 2.80 bits per heavy atom. The molecule has 0 amide bonds. The van der Waals surface area contributed by atoms with Crippen molar-refractivity contribution >= 4 is 28.3 Å². The summed E-state index contributed by atoms with van der Waals surface area (Å²) in [5.74, 6) is 0.895. The third-order valence-corrected chi connectivity index (χ3v) is 3.38. The number of benzene rings is 1. The van der Waals surface area contributed by atoms with Crippen molar-refractivity contribution in [3.05, 3.63) is 29.0 Å². The summed E-state index contributed by atoms with van der Waals surface area (Å²) in [6.45, 7) is 2.07. The van der Waals surface area contributed by atoms with E-state index in [0.717, 1.165) is 0 Å². The van der Waals surface area contributed by atoms with Gasteiger partial charge >= 0.3 is 0 Å². The number of anilines is 1. The van der Waals surface area contributed by atoms with E-state index in [2.05, 4.69) is 15.3 Å². The number of hydrogen-bond acceptors (Lipinski definition) is 4. The number of halogens is 3. The molecule has 0 bridgehead atoms. The summed E-state index contributed by atoms with van der Waals surface area (Å²) in [5, 5.41) is 3.78. The lowest BCUT2D eigenvalue weighted by Crippen LogP contribution is -2.33. The highest BCUT2D eigenvalue weighted by molar-refractivity contribution is 6.28. The summed E-state index contributed by atoms with van der Waals surface area (Å²) >= 11 is 5.85. The molecule has 2 heterocycles. The maximum absolute atomic E-state index is 12.8. The van der Waals surface area contributed by atoms with Gasteiger partial charge in [-0.05, 0) is 23.7 Å². The number of hydrogen-bond donors (Lipinski definition) is 1. The van der Waals surface area contributed by atoms with Crippen LogP contribution in [0.2, 0.25) is 5.28 Å². The Morgan fingerprint density at radius 2 is 2.15 bits per heavy atom. The van der Waals surface area contributed by atoms with Crippen LogP contribution in [-0.2, 0) is 4.74 Å². The molecule has 1 saturated heterocycles. The van der Waals surface area contributed by atoms with Crippen molar-refractivity contribution in [1.29, 1.82) is 0 Å². The average molecular weight is 300 g/mol. The maximum Gasteiger partial charge on any atom is 0.263 e. The van der Waals surface area contributed by atoms with Crippen molar-refractivity contribution in [2.24, 2.45) is 5.92 Å². The van der Waals surface area contributed by atoms with E-state index in [4.69, 9.17) is 16.3 Å². The zero-order chi connectivity index (χ0) is 14.1. The fourth-order valence-corrected chi connectivity index (χ4v) is 2.21. The van der Waals surface area contributed by atoms with Crippen LogP contribution < -0.4 is 5.32 Å². The van der Waals surface area contributed by atoms with E-state index in [-0.39, 0.29) is 10.8 Å². The predicted molar refractivity (Wildman–Crippen MR) is 72.3 cm³/mol. The van der Waals surface area contributed by atoms with Crippen molar-refractivity contribution in [2.75, 3.05) is 25.1 Å². The highest BCUT2D eigenvalue weighted by Gasteiger charge is 2.19. The minimum absolute atomic E-state index is 0.0570. The Morgan fingerprint density at radius 1 is 1.35 bits per heavy atom. The van der Waals surface area contributed by atoms with Crippen LogP contribution in [0.3, 0.4) is 0 Å². The first-order valence-corrected chi connectivity index (χ1v) is 6.58. The summed E-state index contributed by atoms with van der Waals surface area (Å²) < 4.78 is 30.6. The summed E-state index contributed by atoms with van der Waals surface area (Å²) in [5.41, 5.74) is 0.486. The summed E-state index contributed by atoms with van der Waals surface area (Å²) in [6, 6.07) is 4.28. The lowest BCUT2D eigenvalue weighted by atomic mass is 10.1. The fourth-order valence-electron chi connectivity index (χ4n) is 2.03. The first-order chi connectivity index (χ1) is 9.63. The molecule has 1 aliphatic rings. The van der Waals surface area contributed by atoms with E-state index in [1.54, 1.807) is 0 Å². The van der Waals surface area contributed by atoms with E-state index >= 15 is 0 Å². The van der Waals surface area contributed by atoms with Crippen molar-refractivity contribution in [1.82, 2.24) is 9.97 Å². The summed E-state index contributed by atoms with van der Waals surface area (Å²) in [6.07, 6.45) is -2.53. The Kier molecular flexibility index (Phi) is 3.67. The predicted octanol–water partition coefficient (Wildman–Crippen LogP) is 3.28. The molecular weight excluding hydrogens is 288 g/mol. The lowest BCUT2D eigenvalue weighted by Gasteiger charge is -2.26. The Hall–Kier alpha value is -1.53. The summed E-state index contributed by atoms with van der Waals surface area (Å²) in [4.78, 5) is 8.13. The number of alkyl halides is 2. The van der Waals surface area contributed by atoms with Gasteiger partial charge in [0.15, 0.2) is 0 Å². The lowest BCUT2D eigenvalue weighted by molar-refractivity contribution is -0.0248. The van der Waals surface area contributed by atoms with Crippen LogP contribution in [0.15, 0.2) is 18.2 Å². The number of ether oxygens (including phenoxy) is 1. The monoisotopic (exact) mass is 299 g/mol. The van der Waals surface area contributed by atoms with Gasteiger partial charge in [-0.2, -0.15) is 0 Å². The van der Waals surface area contributed by atoms with Gasteiger partial charge in [0, 0.05) is 23.4 Å². The van der Waals surface area contributed by atoms with Crippen LogP contribution in [0.25, 0.3) is 10.9 Å². The van der Waals surface area contributed by atoms with Crippen molar-refractivity contribution in [3.63, 3.8) is 0 Å². The molecule has 0 saturated carbocycles. The third-order valence-electron chi connectivity index (χ3n) is 3.21. The van der Waals surface area contributed by atoms with E-state index in [9.17, 15) is 8.78 Å². The molecule has 4 nitrogen and oxygen atoms in total. The van der Waals surface area contributed by atoms with E-state index in [1.807, 2.05) is 0 Å². The Bertz CT molecular complexity index is 634. The molecular formula is C13H12ClF2N3O. The van der Waals surface area contributed by atoms with Crippen molar-refractivity contribution < 1.29 is 13.5 Å². The quantitative estimate of drug-likeness (QED) is 0.880. The van der Waals surface area contributed by atoms with Crippen LogP contribution in [0, 0.1) is 5.92 Å². The van der Waals surface area contributed by atoms with Crippen LogP contribution in [0.4, 0.5) is 14.6 Å². The number of nitrogens with one attached hydrogen (secondary N) is 1. The average Bonchev–Trinajstić information content (AvgIpc) is 2.36. The second kappa shape index (κ2) is 5.46. The molecule has 0 spiro atoms. The van der Waals surface area contributed by atoms with Gasteiger partial charge in [-0.25, -0.2) is 18.7 Å². The second-order valence-corrected chi connectivity index (χ2v) is 5.04. The Balaban J connectivity index is 1.96. The molecule has 3 rings (SSSR count). The molecule has 2 aromatic rings. The molecule has 1 aromatic heterocycles. The molecule has 1 fully saturated rings. The number of rotatable bonds is 4. The molecule has 0 unspecified atom stereocenters. The SMILES string of the molecule is FC(F)c1ccc2nc(Cl)nc(NCC3COC3)c2c1. The smallest absolute Gasteiger partial charge is 0.263 e. The minimum Gasteiger partial charge on any atom is -0.381 e. The maximum atomic E-state index is 12.8. The fraction of sp³-hybridized carbons (Fsp3) is 0.385. The van der Waals surface area contributed by atoms with Crippen LogP contribution in [-0.4, -0.2) is 29.7 Å². The zero-order valence-electron chi connectivity index (χ0n) is 10.4. The minimum atomic E-state index is -2.53. The molecule has 106 valence electrons. The van der Waals surface area contributed by atoms with Gasteiger partial charge in [0.2, 0.25) is 5.28 Å². The van der Waals surface area contributed by atoms with Gasteiger partial charge in [-0.15, -0.1) is 0 Å². The number of nitrogens with zero attached hydrogens (tertiary/aromatic N) is 2. The highest BCUT2D eigenvalue weighted by Crippen LogP contribution is 2.28. The van der Waals surface area contributed by atoms with E-state index < -0.39 is 6.43 Å². The molecule has 1 aliphatic heterocycles. The van der Waals surface area contributed by atoms with Gasteiger partial charge in [0.05, 0.1) is 18.7 Å². The second-order valence-electron chi connectivity index (χ2n) is 4.70. The Labute approximate surface area is 119 Å². The van der Waals surface area contributed by atoms with Gasteiger partial charge in [0.1, 0.15) is 5.82 Å². The standard InChI is InChI=1S/C13H12ClF2N3O/c14-13-18-10-2-1-8(11(15)16)3-9(10)12(19-13)17-4-7-5-20-6-7/h1-3,7,11H,4-6H2,(H,17,18,19). The van der Waals surface area contributed by atoms with E-state index in [0.29, 0.717) is 42.4 Å². The normalized spacial score (nSPS) is 15.6. The van der Waals surface area contributed by atoms with Gasteiger partial charge < -0.3 is 10.1 Å². The van der Waals surface area contributed by atoms with Gasteiger partial charge in [-0.3, -0.25) is 0 Å². The molecule has 0 aliphatic carbocycles. The number of fused-ring (bicyclic) bond motifs is 1. The third kappa shape index (κ3) is 2.66. The van der Waals surface area contributed by atoms with Crippen LogP contribution >= 0.6 is 11.6 Å². The van der Waals surface area contributed by atoms with Crippen molar-refractivity contribution in [3.8, 4) is 0 Å². The van der Waals surface area contributed by atoms with Crippen LogP contribution in [0.1, 0.15) is 12.0 Å². The first kappa shape index (κ1) is 13.5.